The van der Waals surface area contributed by atoms with E-state index in [9.17, 15) is 5.11 Å². The molecule has 0 aliphatic carbocycles. The number of halogens is 1. The molecular weight excluding hydrogens is 288 g/mol. The van der Waals surface area contributed by atoms with Crippen LogP contribution in [0.5, 0.6) is 0 Å². The van der Waals surface area contributed by atoms with E-state index in [1.807, 2.05) is 0 Å². The lowest BCUT2D eigenvalue weighted by Crippen LogP contribution is -2.11. The van der Waals surface area contributed by atoms with Gasteiger partial charge in [-0.3, -0.25) is 0 Å². The van der Waals surface area contributed by atoms with Crippen molar-refractivity contribution in [2.75, 3.05) is 6.61 Å². The van der Waals surface area contributed by atoms with Gasteiger partial charge in [0, 0.05) is 17.0 Å². The topological polar surface area (TPSA) is 20.2 Å². The molecule has 0 amide bonds. The van der Waals surface area contributed by atoms with Gasteiger partial charge in [-0.2, -0.15) is 0 Å². The molecule has 18 heavy (non-hydrogen) atoms. The van der Waals surface area contributed by atoms with Crippen molar-refractivity contribution < 1.29 is 5.11 Å². The summed E-state index contributed by atoms with van der Waals surface area (Å²) in [5.74, 6) is 1.03. The average Bonchev–Trinajstić information content (AvgIpc) is 2.40. The zero-order valence-electron chi connectivity index (χ0n) is 11.5. The Morgan fingerprint density at radius 1 is 1.17 bits per heavy atom. The third kappa shape index (κ3) is 5.11. The minimum Gasteiger partial charge on any atom is -0.396 e. The molecule has 0 bridgehead atoms. The standard InChI is InChI=1S/C16H25BrO/c1-3-5-6-13(4-2)11-15(12-18)14-7-9-16(17)10-8-14/h7-10,13,15,18H,3-6,11-12H2,1-2H3. The van der Waals surface area contributed by atoms with Crippen LogP contribution >= 0.6 is 15.9 Å². The van der Waals surface area contributed by atoms with Crippen LogP contribution in [0.3, 0.4) is 0 Å². The minimum atomic E-state index is 0.254. The average molecular weight is 313 g/mol. The SMILES string of the molecule is CCCCC(CC)CC(CO)c1ccc(Br)cc1. The highest BCUT2D eigenvalue weighted by Crippen LogP contribution is 2.29. The van der Waals surface area contributed by atoms with E-state index in [1.54, 1.807) is 0 Å². The van der Waals surface area contributed by atoms with Crippen LogP contribution in [0, 0.1) is 5.92 Å². The monoisotopic (exact) mass is 312 g/mol. The number of hydrogen-bond acceptors (Lipinski definition) is 1. The summed E-state index contributed by atoms with van der Waals surface area (Å²) in [5.41, 5.74) is 1.26. The van der Waals surface area contributed by atoms with Gasteiger partial charge in [0.15, 0.2) is 0 Å². The summed E-state index contributed by atoms with van der Waals surface area (Å²) in [4.78, 5) is 0. The fourth-order valence-electron chi connectivity index (χ4n) is 2.43. The first-order valence-electron chi connectivity index (χ1n) is 7.07. The molecule has 2 unspecified atom stereocenters. The molecule has 0 heterocycles. The summed E-state index contributed by atoms with van der Waals surface area (Å²) in [5, 5.41) is 9.61. The Balaban J connectivity index is 2.62. The van der Waals surface area contributed by atoms with Gasteiger partial charge in [-0.15, -0.1) is 0 Å². The molecule has 1 rings (SSSR count). The predicted octanol–water partition coefficient (Wildman–Crippen LogP) is 5.13. The quantitative estimate of drug-likeness (QED) is 0.705. The lowest BCUT2D eigenvalue weighted by molar-refractivity contribution is 0.237. The Morgan fingerprint density at radius 3 is 2.33 bits per heavy atom. The number of hydrogen-bond donors (Lipinski definition) is 1. The Labute approximate surface area is 120 Å². The highest BCUT2D eigenvalue weighted by molar-refractivity contribution is 9.10. The first-order valence-corrected chi connectivity index (χ1v) is 7.86. The third-order valence-electron chi connectivity index (χ3n) is 3.72. The van der Waals surface area contributed by atoms with Crippen molar-refractivity contribution in [3.8, 4) is 0 Å². The molecule has 2 heteroatoms. The number of benzene rings is 1. The Hall–Kier alpha value is -0.340. The van der Waals surface area contributed by atoms with Crippen LogP contribution in [0.15, 0.2) is 28.7 Å². The molecule has 0 saturated heterocycles. The van der Waals surface area contributed by atoms with Gasteiger partial charge >= 0.3 is 0 Å². The van der Waals surface area contributed by atoms with Gasteiger partial charge < -0.3 is 5.11 Å². The molecule has 1 N–H and O–H groups in total. The van der Waals surface area contributed by atoms with Crippen LogP contribution in [0.2, 0.25) is 0 Å². The van der Waals surface area contributed by atoms with Gasteiger partial charge in [-0.25, -0.2) is 0 Å². The van der Waals surface area contributed by atoms with E-state index in [1.165, 1.54) is 31.2 Å². The van der Waals surface area contributed by atoms with Crippen molar-refractivity contribution in [2.24, 2.45) is 5.92 Å². The summed E-state index contributed by atoms with van der Waals surface area (Å²) in [6.45, 7) is 4.76. The zero-order valence-corrected chi connectivity index (χ0v) is 13.1. The molecule has 0 aromatic heterocycles. The van der Waals surface area contributed by atoms with Gasteiger partial charge in [0.2, 0.25) is 0 Å². The Kier molecular flexibility index (Phi) is 7.60. The van der Waals surface area contributed by atoms with Crippen LogP contribution < -0.4 is 0 Å². The molecule has 1 aromatic rings. The highest BCUT2D eigenvalue weighted by atomic mass is 79.9. The minimum absolute atomic E-state index is 0.254. The maximum atomic E-state index is 9.61. The summed E-state index contributed by atoms with van der Waals surface area (Å²) in [7, 11) is 0. The van der Waals surface area contributed by atoms with E-state index >= 15 is 0 Å². The normalized spacial score (nSPS) is 14.4. The van der Waals surface area contributed by atoms with Crippen LogP contribution in [-0.4, -0.2) is 11.7 Å². The van der Waals surface area contributed by atoms with Gasteiger partial charge in [-0.05, 0) is 30.0 Å². The Morgan fingerprint density at radius 2 is 1.83 bits per heavy atom. The molecule has 2 atom stereocenters. The Bertz CT molecular complexity index is 320. The molecule has 102 valence electrons. The van der Waals surface area contributed by atoms with E-state index < -0.39 is 0 Å². The summed E-state index contributed by atoms with van der Waals surface area (Å²) in [6.07, 6.45) is 6.18. The molecule has 0 fully saturated rings. The summed E-state index contributed by atoms with van der Waals surface area (Å²) >= 11 is 3.45. The van der Waals surface area contributed by atoms with Crippen molar-refractivity contribution >= 4 is 15.9 Å². The van der Waals surface area contributed by atoms with E-state index in [0.717, 1.165) is 16.8 Å². The molecule has 0 spiro atoms. The van der Waals surface area contributed by atoms with Crippen molar-refractivity contribution in [1.29, 1.82) is 0 Å². The molecule has 1 aromatic carbocycles. The molecule has 0 saturated carbocycles. The number of unbranched alkanes of at least 4 members (excludes halogenated alkanes) is 1. The van der Waals surface area contributed by atoms with Gasteiger partial charge in [-0.1, -0.05) is 67.6 Å². The lowest BCUT2D eigenvalue weighted by Gasteiger charge is -2.21. The second kappa shape index (κ2) is 8.71. The highest BCUT2D eigenvalue weighted by Gasteiger charge is 2.16. The maximum absolute atomic E-state index is 9.61. The first kappa shape index (κ1) is 15.7. The van der Waals surface area contributed by atoms with E-state index in [-0.39, 0.29) is 6.61 Å². The van der Waals surface area contributed by atoms with Crippen molar-refractivity contribution in [3.63, 3.8) is 0 Å². The fraction of sp³-hybridized carbons (Fsp3) is 0.625. The maximum Gasteiger partial charge on any atom is 0.0499 e. The first-order chi connectivity index (χ1) is 8.71. The summed E-state index contributed by atoms with van der Waals surface area (Å²) in [6, 6.07) is 8.37. The van der Waals surface area contributed by atoms with Crippen molar-refractivity contribution in [3.05, 3.63) is 34.3 Å². The molecule has 1 nitrogen and oxygen atoms in total. The number of aliphatic hydroxyl groups is 1. The second-order valence-corrected chi connectivity index (χ2v) is 6.00. The second-order valence-electron chi connectivity index (χ2n) is 5.08. The van der Waals surface area contributed by atoms with Crippen molar-refractivity contribution in [1.82, 2.24) is 0 Å². The van der Waals surface area contributed by atoms with E-state index in [2.05, 4.69) is 54.0 Å². The van der Waals surface area contributed by atoms with Crippen LogP contribution in [0.1, 0.15) is 57.4 Å². The van der Waals surface area contributed by atoms with Crippen molar-refractivity contribution in [2.45, 2.75) is 51.9 Å². The van der Waals surface area contributed by atoms with E-state index in [0.29, 0.717) is 5.92 Å². The van der Waals surface area contributed by atoms with Gasteiger partial charge in [0.1, 0.15) is 0 Å². The largest absolute Gasteiger partial charge is 0.396 e. The zero-order chi connectivity index (χ0) is 13.4. The number of aliphatic hydroxyl groups excluding tert-OH is 1. The van der Waals surface area contributed by atoms with Crippen LogP contribution in [0.4, 0.5) is 0 Å². The third-order valence-corrected chi connectivity index (χ3v) is 4.25. The van der Waals surface area contributed by atoms with E-state index in [4.69, 9.17) is 0 Å². The molecule has 0 radical (unpaired) electrons. The predicted molar refractivity (Wildman–Crippen MR) is 81.9 cm³/mol. The summed E-state index contributed by atoms with van der Waals surface area (Å²) < 4.78 is 1.10. The van der Waals surface area contributed by atoms with Gasteiger partial charge in [0.25, 0.3) is 0 Å². The smallest absolute Gasteiger partial charge is 0.0499 e. The number of rotatable bonds is 8. The van der Waals surface area contributed by atoms with Crippen LogP contribution in [-0.2, 0) is 0 Å². The molecular formula is C16H25BrO. The van der Waals surface area contributed by atoms with Crippen LogP contribution in [0.25, 0.3) is 0 Å². The lowest BCUT2D eigenvalue weighted by atomic mass is 9.85. The van der Waals surface area contributed by atoms with Gasteiger partial charge in [0.05, 0.1) is 0 Å². The fourth-order valence-corrected chi connectivity index (χ4v) is 2.70. The molecule has 0 aliphatic heterocycles. The molecule has 0 aliphatic rings.